The van der Waals surface area contributed by atoms with Crippen molar-refractivity contribution in [2.75, 3.05) is 6.54 Å². The fraction of sp³-hybridized carbons (Fsp3) is 0.607. The van der Waals surface area contributed by atoms with E-state index in [0.717, 1.165) is 19.0 Å². The Morgan fingerprint density at radius 1 is 1.14 bits per heavy atom. The minimum absolute atomic E-state index is 0.180. The number of allylic oxidation sites excluding steroid dienone is 1. The summed E-state index contributed by atoms with van der Waals surface area (Å²) in [5, 5.41) is 5.44. The predicted molar refractivity (Wildman–Crippen MR) is 158 cm³/mol. The molecule has 2 fully saturated rings. The maximum absolute atomic E-state index is 13.7. The Balaban J connectivity index is 1.57. The molecule has 3 N–H and O–H groups in total. The summed E-state index contributed by atoms with van der Waals surface area (Å²) in [6.07, 6.45) is 8.52. The van der Waals surface area contributed by atoms with E-state index in [4.69, 9.17) is 27.9 Å². The molecule has 4 rings (SSSR count). The number of nitrogens with zero attached hydrogens (tertiary/aromatic N) is 2. The van der Waals surface area contributed by atoms with Crippen LogP contribution in [-0.2, 0) is 29.3 Å². The Morgan fingerprint density at radius 2 is 1.88 bits per heavy atom. The number of carbonyl (C=O) groups is 4. The van der Waals surface area contributed by atoms with Crippen LogP contribution in [0.1, 0.15) is 72.1 Å². The lowest BCUT2D eigenvalue weighted by atomic mass is 10.0. The van der Waals surface area contributed by atoms with Crippen molar-refractivity contribution in [2.24, 2.45) is 5.92 Å². The van der Waals surface area contributed by atoms with Crippen LogP contribution >= 0.6 is 23.2 Å². The van der Waals surface area contributed by atoms with Crippen LogP contribution in [0, 0.1) is 5.92 Å². The standard InChI is InChI=1S/C28H37Cl2N5O7S/c1-27(2,3)42-26(39)31-20-11-8-6-4-5-7-10-18-17-28(18,32-23(36)21-12-9-14-34(21)24(20)37)25(38)33-43(40,41)35-15-13-19(29)16-22(35)30/h7,10,13,15-16,18,20-21H,4-6,8-9,11-12,14,17H2,1-3H3,(H2-,31,32,33,36,38,39)/p+1/b10-7-/t18-,20-,21-,28+/m0/s1. The SMILES string of the molecule is CC(C)(C)OC(=O)N[C@H]1CCCCC/C=C\[C@H]2C[C@@]2(C(=O)NS(=O)(=O)[n+]2ccc(Cl)cc2Cl)NC(=O)[C@@H]2CCCN2C1=O. The van der Waals surface area contributed by atoms with Crippen molar-refractivity contribution in [3.63, 3.8) is 0 Å². The maximum atomic E-state index is 13.7. The number of alkyl carbamates (subject to hydrolysis) is 1. The third-order valence-electron chi connectivity index (χ3n) is 7.64. The van der Waals surface area contributed by atoms with Crippen LogP contribution in [0.3, 0.4) is 0 Å². The first-order chi connectivity index (χ1) is 20.1. The molecule has 12 nitrogen and oxygen atoms in total. The van der Waals surface area contributed by atoms with Gasteiger partial charge in [0, 0.05) is 24.6 Å². The monoisotopic (exact) mass is 658 g/mol. The van der Waals surface area contributed by atoms with Gasteiger partial charge in [0.05, 0.1) is 5.02 Å². The Labute approximate surface area is 261 Å². The molecule has 0 aromatic carbocycles. The molecular formula is C28H38Cl2N5O7S+. The van der Waals surface area contributed by atoms with Crippen molar-refractivity contribution in [1.29, 1.82) is 0 Å². The van der Waals surface area contributed by atoms with Gasteiger partial charge in [0.15, 0.2) is 6.20 Å². The summed E-state index contributed by atoms with van der Waals surface area (Å²) in [5.74, 6) is -2.34. The highest BCUT2D eigenvalue weighted by atomic mass is 35.5. The van der Waals surface area contributed by atoms with E-state index in [9.17, 15) is 27.6 Å². The summed E-state index contributed by atoms with van der Waals surface area (Å²) in [6.45, 7) is 5.48. The number of halogens is 2. The molecule has 1 aliphatic carbocycles. The van der Waals surface area contributed by atoms with Crippen molar-refractivity contribution in [2.45, 2.75) is 95.4 Å². The molecule has 43 heavy (non-hydrogen) atoms. The number of hydrogen-bond donors (Lipinski definition) is 3. The van der Waals surface area contributed by atoms with Gasteiger partial charge in [-0.1, -0.05) is 40.6 Å². The molecule has 3 heterocycles. The fourth-order valence-electron chi connectivity index (χ4n) is 5.43. The maximum Gasteiger partial charge on any atom is 0.473 e. The highest BCUT2D eigenvalue weighted by Crippen LogP contribution is 2.45. The van der Waals surface area contributed by atoms with Gasteiger partial charge in [-0.15, -0.1) is 8.42 Å². The van der Waals surface area contributed by atoms with Gasteiger partial charge in [-0.2, -0.15) is 4.72 Å². The van der Waals surface area contributed by atoms with Gasteiger partial charge in [0.1, 0.15) is 23.2 Å². The highest BCUT2D eigenvalue weighted by Gasteiger charge is 2.62. The van der Waals surface area contributed by atoms with Crippen molar-refractivity contribution >= 4 is 57.2 Å². The van der Waals surface area contributed by atoms with Crippen molar-refractivity contribution in [1.82, 2.24) is 20.3 Å². The van der Waals surface area contributed by atoms with E-state index in [1.54, 1.807) is 20.8 Å². The molecule has 0 bridgehead atoms. The number of amides is 4. The van der Waals surface area contributed by atoms with E-state index < -0.39 is 63.2 Å². The first kappa shape index (κ1) is 33.0. The largest absolute Gasteiger partial charge is 0.473 e. The first-order valence-corrected chi connectivity index (χ1v) is 16.6. The number of carbonyl (C=O) groups excluding carboxylic acids is 4. The molecule has 15 heteroatoms. The fourth-order valence-corrected chi connectivity index (χ4v) is 7.11. The van der Waals surface area contributed by atoms with Crippen LogP contribution in [0.15, 0.2) is 30.5 Å². The number of nitrogens with one attached hydrogen (secondary N) is 3. The molecule has 0 radical (unpaired) electrons. The third kappa shape index (κ3) is 7.98. The minimum Gasteiger partial charge on any atom is -0.444 e. The molecule has 0 spiro atoms. The molecule has 1 saturated carbocycles. The first-order valence-electron chi connectivity index (χ1n) is 14.4. The zero-order valence-electron chi connectivity index (χ0n) is 24.4. The molecule has 0 unspecified atom stereocenters. The lowest BCUT2D eigenvalue weighted by Gasteiger charge is -2.30. The van der Waals surface area contributed by atoms with E-state index in [1.165, 1.54) is 17.0 Å². The number of ether oxygens (including phenoxy) is 1. The van der Waals surface area contributed by atoms with Crippen LogP contribution in [-0.4, -0.2) is 66.9 Å². The van der Waals surface area contributed by atoms with Crippen LogP contribution < -0.4 is 19.3 Å². The molecule has 236 valence electrons. The average molecular weight is 660 g/mol. The number of fused-ring (bicyclic) bond motifs is 2. The van der Waals surface area contributed by atoms with Gasteiger partial charge in [0.2, 0.25) is 11.8 Å². The summed E-state index contributed by atoms with van der Waals surface area (Å²) < 4.78 is 34.2. The summed E-state index contributed by atoms with van der Waals surface area (Å²) in [6, 6.07) is 0.741. The number of rotatable bonds is 4. The number of pyridine rings is 1. The van der Waals surface area contributed by atoms with E-state index in [0.29, 0.717) is 42.6 Å². The molecule has 1 aromatic rings. The van der Waals surface area contributed by atoms with Crippen molar-refractivity contribution in [3.8, 4) is 0 Å². The van der Waals surface area contributed by atoms with E-state index in [-0.39, 0.29) is 16.6 Å². The van der Waals surface area contributed by atoms with Crippen molar-refractivity contribution < 1.29 is 36.3 Å². The molecule has 2 aliphatic heterocycles. The molecule has 3 aliphatic rings. The zero-order valence-corrected chi connectivity index (χ0v) is 26.7. The Hall–Kier alpha value is -2.90. The Kier molecular flexibility index (Phi) is 9.97. The van der Waals surface area contributed by atoms with Crippen molar-refractivity contribution in [3.05, 3.63) is 40.7 Å². The van der Waals surface area contributed by atoms with Gasteiger partial charge in [-0.3, -0.25) is 14.4 Å². The van der Waals surface area contributed by atoms with Gasteiger partial charge in [0.25, 0.3) is 11.1 Å². The zero-order chi connectivity index (χ0) is 31.6. The lowest BCUT2D eigenvalue weighted by Crippen LogP contribution is -2.61. The van der Waals surface area contributed by atoms with E-state index in [2.05, 4.69) is 10.6 Å². The second-order valence-corrected chi connectivity index (χ2v) is 14.5. The van der Waals surface area contributed by atoms with Gasteiger partial charge in [-0.25, -0.2) is 4.79 Å². The van der Waals surface area contributed by atoms with Crippen LogP contribution in [0.4, 0.5) is 4.79 Å². The molecule has 1 saturated heterocycles. The van der Waals surface area contributed by atoms with Crippen LogP contribution in [0.25, 0.3) is 0 Å². The lowest BCUT2D eigenvalue weighted by molar-refractivity contribution is -0.509. The summed E-state index contributed by atoms with van der Waals surface area (Å²) in [7, 11) is -4.47. The van der Waals surface area contributed by atoms with Gasteiger partial charge >= 0.3 is 16.3 Å². The average Bonchev–Trinajstić information content (AvgIpc) is 3.35. The topological polar surface area (TPSA) is 155 Å². The molecule has 1 aromatic heterocycles. The quantitative estimate of drug-likeness (QED) is 0.255. The summed E-state index contributed by atoms with van der Waals surface area (Å²) >= 11 is 11.9. The second-order valence-electron chi connectivity index (χ2n) is 12.1. The van der Waals surface area contributed by atoms with E-state index >= 15 is 0 Å². The minimum atomic E-state index is -4.47. The normalized spacial score (nSPS) is 27.5. The summed E-state index contributed by atoms with van der Waals surface area (Å²) in [4.78, 5) is 54.9. The Bertz CT molecular complexity index is 1410. The third-order valence-corrected chi connectivity index (χ3v) is 9.55. The summed E-state index contributed by atoms with van der Waals surface area (Å²) in [5.41, 5.74) is -2.29. The molecule has 4 amide bonds. The number of hydrogen-bond acceptors (Lipinski definition) is 7. The number of aromatic nitrogens is 1. The molecular weight excluding hydrogens is 621 g/mol. The van der Waals surface area contributed by atoms with Crippen LogP contribution in [0.2, 0.25) is 10.2 Å². The predicted octanol–water partition coefficient (Wildman–Crippen LogP) is 2.77. The smallest absolute Gasteiger partial charge is 0.444 e. The highest BCUT2D eigenvalue weighted by molar-refractivity contribution is 7.83. The van der Waals surface area contributed by atoms with E-state index in [1.807, 2.05) is 16.9 Å². The molecule has 4 atom stereocenters. The second kappa shape index (κ2) is 13.0. The van der Waals surface area contributed by atoms with Gasteiger partial charge < -0.3 is 20.3 Å². The Morgan fingerprint density at radius 3 is 2.58 bits per heavy atom. The van der Waals surface area contributed by atoms with Gasteiger partial charge in [-0.05, 0) is 70.9 Å². The van der Waals surface area contributed by atoms with Crippen LogP contribution in [0.5, 0.6) is 0 Å².